The minimum absolute atomic E-state index is 0.227. The molecule has 3 heteroatoms. The molecule has 1 aromatic rings. The predicted molar refractivity (Wildman–Crippen MR) is 62.5 cm³/mol. The lowest BCUT2D eigenvalue weighted by molar-refractivity contribution is 0.0551. The number of nitrogens with zero attached hydrogens (tertiary/aromatic N) is 1. The summed E-state index contributed by atoms with van der Waals surface area (Å²) in [7, 11) is 0. The highest BCUT2D eigenvalue weighted by Crippen LogP contribution is 2.18. The van der Waals surface area contributed by atoms with Gasteiger partial charge in [-0.25, -0.2) is 0 Å². The summed E-state index contributed by atoms with van der Waals surface area (Å²) in [6.45, 7) is 7.03. The first-order valence-electron chi connectivity index (χ1n) is 5.38. The highest BCUT2D eigenvalue weighted by Gasteiger charge is 2.01. The van der Waals surface area contributed by atoms with Gasteiger partial charge in [-0.3, -0.25) is 0 Å². The Bertz CT molecular complexity index is 380. The van der Waals surface area contributed by atoms with Crippen LogP contribution in [0, 0.1) is 18.3 Å². The van der Waals surface area contributed by atoms with Crippen LogP contribution in [0.1, 0.15) is 25.0 Å². The molecule has 3 nitrogen and oxygen atoms in total. The van der Waals surface area contributed by atoms with Gasteiger partial charge in [-0.05, 0) is 44.5 Å². The van der Waals surface area contributed by atoms with Crippen LogP contribution in [0.4, 0.5) is 0 Å². The number of ether oxygens (including phenoxy) is 2. The van der Waals surface area contributed by atoms with E-state index in [1.54, 1.807) is 6.07 Å². The standard InChI is InChI=1S/C13H17NO2/c1-10(2)15-6-7-16-13-5-4-12(9-14)8-11(13)3/h4-5,8,10H,6-7H2,1-3H3. The molecule has 1 aromatic carbocycles. The van der Waals surface area contributed by atoms with Gasteiger partial charge in [0.1, 0.15) is 12.4 Å². The van der Waals surface area contributed by atoms with Crippen LogP contribution in [0.3, 0.4) is 0 Å². The zero-order valence-corrected chi connectivity index (χ0v) is 9.99. The summed E-state index contributed by atoms with van der Waals surface area (Å²) in [6.07, 6.45) is 0.227. The van der Waals surface area contributed by atoms with E-state index in [2.05, 4.69) is 6.07 Å². The van der Waals surface area contributed by atoms with Gasteiger partial charge in [-0.2, -0.15) is 5.26 Å². The third-order valence-electron chi connectivity index (χ3n) is 2.10. The zero-order valence-electron chi connectivity index (χ0n) is 9.99. The van der Waals surface area contributed by atoms with Crippen LogP contribution in [0.5, 0.6) is 5.75 Å². The zero-order chi connectivity index (χ0) is 12.0. The first-order chi connectivity index (χ1) is 7.63. The second-order valence-electron chi connectivity index (χ2n) is 3.86. The quantitative estimate of drug-likeness (QED) is 0.715. The molecule has 16 heavy (non-hydrogen) atoms. The first-order valence-corrected chi connectivity index (χ1v) is 5.38. The smallest absolute Gasteiger partial charge is 0.122 e. The molecule has 0 saturated heterocycles. The number of benzene rings is 1. The van der Waals surface area contributed by atoms with E-state index in [0.717, 1.165) is 11.3 Å². The maximum atomic E-state index is 8.72. The molecule has 0 bridgehead atoms. The predicted octanol–water partition coefficient (Wildman–Crippen LogP) is 2.67. The summed E-state index contributed by atoms with van der Waals surface area (Å²) in [5.74, 6) is 0.811. The summed E-state index contributed by atoms with van der Waals surface area (Å²) in [6, 6.07) is 7.49. The van der Waals surface area contributed by atoms with Gasteiger partial charge in [-0.15, -0.1) is 0 Å². The molecule has 0 spiro atoms. The molecule has 0 fully saturated rings. The topological polar surface area (TPSA) is 42.2 Å². The monoisotopic (exact) mass is 219 g/mol. The molecule has 0 aliphatic carbocycles. The van der Waals surface area contributed by atoms with Crippen molar-refractivity contribution in [1.82, 2.24) is 0 Å². The van der Waals surface area contributed by atoms with Gasteiger partial charge in [0.15, 0.2) is 0 Å². The van der Waals surface area contributed by atoms with Crippen molar-refractivity contribution in [3.63, 3.8) is 0 Å². The SMILES string of the molecule is Cc1cc(C#N)ccc1OCCOC(C)C. The fourth-order valence-electron chi connectivity index (χ4n) is 1.32. The Morgan fingerprint density at radius 1 is 1.31 bits per heavy atom. The molecule has 0 aliphatic heterocycles. The van der Waals surface area contributed by atoms with Gasteiger partial charge in [0.25, 0.3) is 0 Å². The molecule has 86 valence electrons. The van der Waals surface area contributed by atoms with E-state index in [1.807, 2.05) is 32.9 Å². The fourth-order valence-corrected chi connectivity index (χ4v) is 1.32. The van der Waals surface area contributed by atoms with E-state index in [4.69, 9.17) is 14.7 Å². The summed E-state index contributed by atoms with van der Waals surface area (Å²) < 4.78 is 10.9. The van der Waals surface area contributed by atoms with Gasteiger partial charge in [0.2, 0.25) is 0 Å². The number of aryl methyl sites for hydroxylation is 1. The van der Waals surface area contributed by atoms with E-state index < -0.39 is 0 Å². The van der Waals surface area contributed by atoms with Crippen molar-refractivity contribution in [2.75, 3.05) is 13.2 Å². The van der Waals surface area contributed by atoms with Crippen LogP contribution < -0.4 is 4.74 Å². The van der Waals surface area contributed by atoms with E-state index in [0.29, 0.717) is 18.8 Å². The Morgan fingerprint density at radius 3 is 2.62 bits per heavy atom. The molecule has 0 saturated carbocycles. The molecule has 0 heterocycles. The third-order valence-corrected chi connectivity index (χ3v) is 2.10. The Balaban J connectivity index is 2.46. The van der Waals surface area contributed by atoms with Crippen LogP contribution in [0.15, 0.2) is 18.2 Å². The Kier molecular flexibility index (Phi) is 4.81. The van der Waals surface area contributed by atoms with Crippen molar-refractivity contribution in [2.24, 2.45) is 0 Å². The minimum Gasteiger partial charge on any atom is -0.491 e. The lowest BCUT2D eigenvalue weighted by Crippen LogP contribution is -2.11. The average Bonchev–Trinajstić information content (AvgIpc) is 2.25. The lowest BCUT2D eigenvalue weighted by atomic mass is 10.1. The third kappa shape index (κ3) is 3.92. The molecule has 0 amide bonds. The normalized spacial score (nSPS) is 10.2. The summed E-state index contributed by atoms with van der Waals surface area (Å²) in [5.41, 5.74) is 1.63. The molecule has 0 unspecified atom stereocenters. The van der Waals surface area contributed by atoms with Gasteiger partial charge >= 0.3 is 0 Å². The molecular formula is C13H17NO2. The second kappa shape index (κ2) is 6.14. The minimum atomic E-state index is 0.227. The van der Waals surface area contributed by atoms with Gasteiger partial charge in [-0.1, -0.05) is 0 Å². The van der Waals surface area contributed by atoms with E-state index >= 15 is 0 Å². The van der Waals surface area contributed by atoms with Crippen molar-refractivity contribution in [1.29, 1.82) is 5.26 Å². The molecule has 0 atom stereocenters. The largest absolute Gasteiger partial charge is 0.491 e. The molecule has 0 aliphatic rings. The van der Waals surface area contributed by atoms with Crippen LogP contribution in [0.2, 0.25) is 0 Å². The highest BCUT2D eigenvalue weighted by atomic mass is 16.5. The van der Waals surface area contributed by atoms with Gasteiger partial charge < -0.3 is 9.47 Å². The second-order valence-corrected chi connectivity index (χ2v) is 3.86. The molecule has 1 rings (SSSR count). The average molecular weight is 219 g/mol. The molecule has 0 radical (unpaired) electrons. The Morgan fingerprint density at radius 2 is 2.06 bits per heavy atom. The highest BCUT2D eigenvalue weighted by molar-refractivity contribution is 5.41. The van der Waals surface area contributed by atoms with Crippen molar-refractivity contribution in [2.45, 2.75) is 26.9 Å². The van der Waals surface area contributed by atoms with Gasteiger partial charge in [0, 0.05) is 0 Å². The van der Waals surface area contributed by atoms with Crippen molar-refractivity contribution >= 4 is 0 Å². The maximum absolute atomic E-state index is 8.72. The van der Waals surface area contributed by atoms with Gasteiger partial charge in [0.05, 0.1) is 24.3 Å². The van der Waals surface area contributed by atoms with E-state index in [-0.39, 0.29) is 6.10 Å². The molecular weight excluding hydrogens is 202 g/mol. The van der Waals surface area contributed by atoms with E-state index in [1.165, 1.54) is 0 Å². The van der Waals surface area contributed by atoms with Crippen molar-refractivity contribution in [3.8, 4) is 11.8 Å². The summed E-state index contributed by atoms with van der Waals surface area (Å²) in [5, 5.41) is 8.72. The number of hydrogen-bond donors (Lipinski definition) is 0. The van der Waals surface area contributed by atoms with Crippen molar-refractivity contribution < 1.29 is 9.47 Å². The Hall–Kier alpha value is -1.53. The van der Waals surface area contributed by atoms with E-state index in [9.17, 15) is 0 Å². The molecule has 0 aromatic heterocycles. The van der Waals surface area contributed by atoms with Crippen LogP contribution >= 0.6 is 0 Å². The van der Waals surface area contributed by atoms with Crippen molar-refractivity contribution in [3.05, 3.63) is 29.3 Å². The number of rotatable bonds is 5. The lowest BCUT2D eigenvalue weighted by Gasteiger charge is -2.11. The molecule has 0 N–H and O–H groups in total. The Labute approximate surface area is 96.6 Å². The number of nitriles is 1. The summed E-state index contributed by atoms with van der Waals surface area (Å²) >= 11 is 0. The van der Waals surface area contributed by atoms with Crippen LogP contribution in [-0.2, 0) is 4.74 Å². The summed E-state index contributed by atoms with van der Waals surface area (Å²) in [4.78, 5) is 0. The van der Waals surface area contributed by atoms with Crippen LogP contribution in [-0.4, -0.2) is 19.3 Å². The fraction of sp³-hybridized carbons (Fsp3) is 0.462. The number of hydrogen-bond acceptors (Lipinski definition) is 3. The maximum Gasteiger partial charge on any atom is 0.122 e. The first kappa shape index (κ1) is 12.5. The van der Waals surface area contributed by atoms with Crippen LogP contribution in [0.25, 0.3) is 0 Å².